The Hall–Kier alpha value is -3.17. The van der Waals surface area contributed by atoms with E-state index in [2.05, 4.69) is 5.32 Å². The number of methoxy groups -OCH3 is 1. The van der Waals surface area contributed by atoms with Crippen molar-refractivity contribution < 1.29 is 27.5 Å². The summed E-state index contributed by atoms with van der Waals surface area (Å²) >= 11 is 0. The Kier molecular flexibility index (Phi) is 8.24. The molecule has 2 aromatic carbocycles. The van der Waals surface area contributed by atoms with E-state index >= 15 is 0 Å². The van der Waals surface area contributed by atoms with Gasteiger partial charge in [0.2, 0.25) is 10.0 Å². The Morgan fingerprint density at radius 2 is 1.76 bits per heavy atom. The molecule has 2 aromatic rings. The van der Waals surface area contributed by atoms with Crippen LogP contribution in [-0.4, -0.2) is 57.8 Å². The lowest BCUT2D eigenvalue weighted by molar-refractivity contribution is -0.123. The Morgan fingerprint density at radius 3 is 2.39 bits per heavy atom. The number of ketones is 1. The van der Waals surface area contributed by atoms with E-state index in [0.717, 1.165) is 12.8 Å². The first-order valence-corrected chi connectivity index (χ1v) is 12.2. The monoisotopic (exact) mass is 472 g/mol. The van der Waals surface area contributed by atoms with Crippen LogP contribution in [0, 0.1) is 0 Å². The average molecular weight is 473 g/mol. The van der Waals surface area contributed by atoms with Crippen molar-refractivity contribution in [3.63, 3.8) is 0 Å². The summed E-state index contributed by atoms with van der Waals surface area (Å²) in [4.78, 5) is 24.3. The molecule has 8 nitrogen and oxygen atoms in total. The zero-order valence-corrected chi connectivity index (χ0v) is 19.6. The molecule has 0 aromatic heterocycles. The number of hydrogen-bond acceptors (Lipinski definition) is 6. The fraction of sp³-hybridized carbons (Fsp3) is 0.333. The normalized spacial score (nSPS) is 14.4. The Balaban J connectivity index is 1.66. The van der Waals surface area contributed by atoms with E-state index < -0.39 is 10.0 Å². The molecule has 3 rings (SSSR count). The highest BCUT2D eigenvalue weighted by molar-refractivity contribution is 7.89. The first-order chi connectivity index (χ1) is 15.8. The smallest absolute Gasteiger partial charge is 0.257 e. The summed E-state index contributed by atoms with van der Waals surface area (Å²) in [6.07, 6.45) is 4.78. The number of ether oxygens (including phenoxy) is 2. The molecule has 1 saturated heterocycles. The maximum atomic E-state index is 12.6. The minimum absolute atomic E-state index is 0.124. The van der Waals surface area contributed by atoms with Crippen LogP contribution >= 0.6 is 0 Å². The fourth-order valence-electron chi connectivity index (χ4n) is 3.44. The number of nitrogens with zero attached hydrogens (tertiary/aromatic N) is 1. The van der Waals surface area contributed by atoms with E-state index in [4.69, 9.17) is 9.47 Å². The van der Waals surface area contributed by atoms with Crippen LogP contribution in [0.15, 0.2) is 53.4 Å². The zero-order valence-electron chi connectivity index (χ0n) is 18.7. The lowest BCUT2D eigenvalue weighted by Crippen LogP contribution is -2.28. The van der Waals surface area contributed by atoms with Crippen molar-refractivity contribution in [2.45, 2.75) is 24.7 Å². The van der Waals surface area contributed by atoms with Crippen molar-refractivity contribution in [2.24, 2.45) is 0 Å². The van der Waals surface area contributed by atoms with Crippen LogP contribution in [0.5, 0.6) is 11.5 Å². The number of carbonyl (C=O) groups excluding carboxylic acids is 2. The summed E-state index contributed by atoms with van der Waals surface area (Å²) in [5.41, 5.74) is 1.10. The van der Waals surface area contributed by atoms with Gasteiger partial charge in [-0.25, -0.2) is 8.42 Å². The lowest BCUT2D eigenvalue weighted by Gasteiger charge is -2.15. The van der Waals surface area contributed by atoms with Gasteiger partial charge in [0.15, 0.2) is 23.9 Å². The van der Waals surface area contributed by atoms with E-state index in [9.17, 15) is 18.0 Å². The van der Waals surface area contributed by atoms with Crippen molar-refractivity contribution in [1.29, 1.82) is 0 Å². The molecule has 1 N–H and O–H groups in total. The van der Waals surface area contributed by atoms with Crippen LogP contribution < -0.4 is 14.8 Å². The quantitative estimate of drug-likeness (QED) is 0.421. The molecule has 176 valence electrons. The summed E-state index contributed by atoms with van der Waals surface area (Å²) < 4.78 is 37.5. The third-order valence-electron chi connectivity index (χ3n) is 5.19. The second kappa shape index (κ2) is 11.1. The van der Waals surface area contributed by atoms with Crippen LogP contribution in [0.3, 0.4) is 0 Å². The Labute approximate surface area is 194 Å². The van der Waals surface area contributed by atoms with Crippen molar-refractivity contribution >= 4 is 27.8 Å². The van der Waals surface area contributed by atoms with Gasteiger partial charge in [0.1, 0.15) is 0 Å². The zero-order chi connectivity index (χ0) is 23.8. The molecule has 33 heavy (non-hydrogen) atoms. The molecule has 0 atom stereocenters. The number of likely N-dealkylation sites (N-methyl/N-ethyl adjacent to an activating group) is 1. The van der Waals surface area contributed by atoms with Gasteiger partial charge >= 0.3 is 0 Å². The SMILES string of the molecule is CCNC(=O)COc1ccc(/C=C/C(=O)c2ccc(S(=O)(=O)N3CCCC3)cc2)cc1OC. The fourth-order valence-corrected chi connectivity index (χ4v) is 4.95. The summed E-state index contributed by atoms with van der Waals surface area (Å²) in [5, 5.41) is 2.65. The van der Waals surface area contributed by atoms with Gasteiger partial charge in [-0.05, 0) is 67.8 Å². The highest BCUT2D eigenvalue weighted by Gasteiger charge is 2.27. The minimum Gasteiger partial charge on any atom is -0.493 e. The predicted octanol–water partition coefficient (Wildman–Crippen LogP) is 2.89. The highest BCUT2D eigenvalue weighted by Crippen LogP contribution is 2.28. The van der Waals surface area contributed by atoms with Crippen LogP contribution in [0.2, 0.25) is 0 Å². The van der Waals surface area contributed by atoms with E-state index in [1.165, 1.54) is 41.8 Å². The van der Waals surface area contributed by atoms with E-state index in [1.807, 2.05) is 6.92 Å². The number of rotatable bonds is 10. The van der Waals surface area contributed by atoms with Gasteiger partial charge in [-0.15, -0.1) is 0 Å². The van der Waals surface area contributed by atoms with E-state index in [-0.39, 0.29) is 23.2 Å². The molecule has 1 aliphatic heterocycles. The van der Waals surface area contributed by atoms with Gasteiger partial charge in [0.05, 0.1) is 12.0 Å². The van der Waals surface area contributed by atoms with Crippen molar-refractivity contribution in [1.82, 2.24) is 9.62 Å². The number of sulfonamides is 1. The van der Waals surface area contributed by atoms with Gasteiger partial charge in [0.25, 0.3) is 5.91 Å². The van der Waals surface area contributed by atoms with Gasteiger partial charge in [-0.2, -0.15) is 4.31 Å². The maximum absolute atomic E-state index is 12.6. The van der Waals surface area contributed by atoms with Gasteiger partial charge in [-0.1, -0.05) is 12.1 Å². The molecular formula is C24H28N2O6S. The van der Waals surface area contributed by atoms with Crippen molar-refractivity contribution in [3.8, 4) is 11.5 Å². The third-order valence-corrected chi connectivity index (χ3v) is 7.10. The number of allylic oxidation sites excluding steroid dienone is 1. The Bertz CT molecular complexity index is 1120. The molecular weight excluding hydrogens is 444 g/mol. The molecule has 1 aliphatic rings. The van der Waals surface area contributed by atoms with Crippen LogP contribution in [0.1, 0.15) is 35.7 Å². The maximum Gasteiger partial charge on any atom is 0.257 e. The summed E-state index contributed by atoms with van der Waals surface area (Å²) in [6.45, 7) is 3.29. The number of hydrogen-bond donors (Lipinski definition) is 1. The largest absolute Gasteiger partial charge is 0.493 e. The van der Waals surface area contributed by atoms with E-state index in [1.54, 1.807) is 24.3 Å². The Morgan fingerprint density at radius 1 is 1.06 bits per heavy atom. The second-order valence-corrected chi connectivity index (χ2v) is 9.42. The van der Waals surface area contributed by atoms with Gasteiger partial charge < -0.3 is 14.8 Å². The van der Waals surface area contributed by atoms with Crippen LogP contribution in [0.25, 0.3) is 6.08 Å². The average Bonchev–Trinajstić information content (AvgIpc) is 3.38. The molecule has 0 radical (unpaired) electrons. The lowest BCUT2D eigenvalue weighted by atomic mass is 10.1. The van der Waals surface area contributed by atoms with Crippen molar-refractivity contribution in [3.05, 3.63) is 59.7 Å². The molecule has 0 bridgehead atoms. The summed E-state index contributed by atoms with van der Waals surface area (Å²) in [5.74, 6) is 0.372. The second-order valence-electron chi connectivity index (χ2n) is 7.49. The third kappa shape index (κ3) is 6.21. The molecule has 1 fully saturated rings. The molecule has 0 spiro atoms. The van der Waals surface area contributed by atoms with Gasteiger partial charge in [-0.3, -0.25) is 9.59 Å². The molecule has 0 aliphatic carbocycles. The van der Waals surface area contributed by atoms with E-state index in [0.29, 0.717) is 42.3 Å². The van der Waals surface area contributed by atoms with Crippen molar-refractivity contribution in [2.75, 3.05) is 33.4 Å². The predicted molar refractivity (Wildman–Crippen MR) is 125 cm³/mol. The topological polar surface area (TPSA) is 102 Å². The molecule has 0 unspecified atom stereocenters. The highest BCUT2D eigenvalue weighted by atomic mass is 32.2. The number of benzene rings is 2. The first kappa shape index (κ1) is 24.5. The number of carbonyl (C=O) groups is 2. The van der Waals surface area contributed by atoms with Gasteiger partial charge in [0, 0.05) is 25.2 Å². The summed E-state index contributed by atoms with van der Waals surface area (Å²) in [6, 6.07) is 11.1. The molecule has 0 saturated carbocycles. The number of nitrogens with one attached hydrogen (secondary N) is 1. The molecule has 9 heteroatoms. The molecule has 1 heterocycles. The number of amides is 1. The molecule has 1 amide bonds. The van der Waals surface area contributed by atoms with Crippen LogP contribution in [0.4, 0.5) is 0 Å². The summed E-state index contributed by atoms with van der Waals surface area (Å²) in [7, 11) is -2.02. The minimum atomic E-state index is -3.51. The first-order valence-electron chi connectivity index (χ1n) is 10.8. The van der Waals surface area contributed by atoms with Crippen LogP contribution in [-0.2, 0) is 14.8 Å². The standard InChI is InChI=1S/C24H28N2O6S/c1-3-25-24(28)17-32-22-13-7-18(16-23(22)31-2)6-12-21(27)19-8-10-20(11-9-19)33(29,30)26-14-4-5-15-26/h6-13,16H,3-5,14-15,17H2,1-2H3,(H,25,28)/b12-6+.